The van der Waals surface area contributed by atoms with Gasteiger partial charge in [0.05, 0.1) is 25.1 Å². The van der Waals surface area contributed by atoms with Gasteiger partial charge in [0.25, 0.3) is 0 Å². The van der Waals surface area contributed by atoms with Crippen molar-refractivity contribution in [3.63, 3.8) is 0 Å². The zero-order chi connectivity index (χ0) is 26.2. The van der Waals surface area contributed by atoms with Crippen LogP contribution in [0.4, 0.5) is 8.78 Å². The molecule has 0 N–H and O–H groups in total. The Bertz CT molecular complexity index is 1490. The molecule has 1 saturated heterocycles. The predicted octanol–water partition coefficient (Wildman–Crippen LogP) is 6.90. The lowest BCUT2D eigenvalue weighted by Gasteiger charge is -2.57. The molecule has 4 aliphatic rings. The minimum absolute atomic E-state index is 0.0113. The molecule has 0 unspecified atom stereocenters. The average molecular weight is 583 g/mol. The van der Waals surface area contributed by atoms with Crippen LogP contribution >= 0.6 is 15.9 Å². The number of nitrogens with zero attached hydrogens (tertiary/aromatic N) is 2. The molecule has 2 aliphatic carbocycles. The first-order valence-electron chi connectivity index (χ1n) is 13.4. The highest BCUT2D eigenvalue weighted by Crippen LogP contribution is 2.65. The summed E-state index contributed by atoms with van der Waals surface area (Å²) in [6.45, 7) is 2.00. The van der Waals surface area contributed by atoms with Crippen LogP contribution in [0.3, 0.4) is 0 Å². The fraction of sp³-hybridized carbons (Fsp3) is 0.467. The molecule has 0 atom stereocenters. The highest BCUT2D eigenvalue weighted by molar-refractivity contribution is 9.18. The number of hydrogen-bond donors (Lipinski definition) is 0. The highest BCUT2D eigenvalue weighted by atomic mass is 79.9. The third-order valence-electron chi connectivity index (χ3n) is 9.31. The van der Waals surface area contributed by atoms with Crippen molar-refractivity contribution in [3.8, 4) is 5.69 Å². The first-order valence-corrected chi connectivity index (χ1v) is 14.2. The van der Waals surface area contributed by atoms with Gasteiger partial charge in [0.1, 0.15) is 4.62 Å². The second-order valence-electron chi connectivity index (χ2n) is 11.5. The number of aromatic nitrogens is 1. The summed E-state index contributed by atoms with van der Waals surface area (Å²) in [5.74, 6) is -1.18. The van der Waals surface area contributed by atoms with Gasteiger partial charge in [-0.15, -0.1) is 0 Å². The van der Waals surface area contributed by atoms with E-state index in [2.05, 4.69) is 37.6 Å². The molecule has 0 bridgehead atoms. The van der Waals surface area contributed by atoms with E-state index in [1.54, 1.807) is 6.07 Å². The largest absolute Gasteiger partial charge is 0.469 e. The van der Waals surface area contributed by atoms with E-state index in [9.17, 15) is 13.6 Å². The highest BCUT2D eigenvalue weighted by Gasteiger charge is 2.56. The molecular weight excluding hydrogens is 554 g/mol. The van der Waals surface area contributed by atoms with Crippen LogP contribution in [0.5, 0.6) is 0 Å². The Morgan fingerprint density at radius 2 is 1.84 bits per heavy atom. The summed E-state index contributed by atoms with van der Waals surface area (Å²) < 4.78 is 42.3. The molecule has 3 fully saturated rings. The van der Waals surface area contributed by atoms with Gasteiger partial charge in [0.2, 0.25) is 0 Å². The summed E-state index contributed by atoms with van der Waals surface area (Å²) in [7, 11) is 1.46. The normalized spacial score (nSPS) is 26.7. The Morgan fingerprint density at radius 3 is 2.55 bits per heavy atom. The van der Waals surface area contributed by atoms with Crippen molar-refractivity contribution >= 4 is 37.4 Å². The van der Waals surface area contributed by atoms with Crippen LogP contribution in [0.2, 0.25) is 0 Å². The number of carbonyl (C=O) groups excluding carboxylic acids is 1. The fourth-order valence-electron chi connectivity index (χ4n) is 7.53. The lowest BCUT2D eigenvalue weighted by atomic mass is 9.47. The van der Waals surface area contributed by atoms with E-state index >= 15 is 0 Å². The van der Waals surface area contributed by atoms with Crippen LogP contribution in [-0.2, 0) is 20.8 Å². The number of carbonyl (C=O) groups is 1. The quantitative estimate of drug-likeness (QED) is 0.314. The zero-order valence-corrected chi connectivity index (χ0v) is 22.8. The van der Waals surface area contributed by atoms with Gasteiger partial charge < -0.3 is 14.0 Å². The summed E-state index contributed by atoms with van der Waals surface area (Å²) >= 11 is 3.61. The number of esters is 1. The zero-order valence-electron chi connectivity index (χ0n) is 21.2. The number of ether oxygens (including phenoxy) is 2. The SMILES string of the molecule is COC(=O)C1CC2(C1)CC(c1c(C3CCOCC3)n(-c3ccc(F)c(F)c3)c3cc4c(cc13)CN=C4Br)C2. The molecule has 2 aromatic carbocycles. The van der Waals surface area contributed by atoms with Crippen LogP contribution in [0, 0.1) is 23.0 Å². The first kappa shape index (κ1) is 24.5. The van der Waals surface area contributed by atoms with Crippen molar-refractivity contribution in [2.75, 3.05) is 20.3 Å². The molecule has 2 aliphatic heterocycles. The Hall–Kier alpha value is -2.58. The van der Waals surface area contributed by atoms with E-state index in [1.807, 2.05) is 0 Å². The molecule has 0 radical (unpaired) electrons. The first-order chi connectivity index (χ1) is 18.4. The lowest BCUT2D eigenvalue weighted by Crippen LogP contribution is -2.49. The topological polar surface area (TPSA) is 52.8 Å². The van der Waals surface area contributed by atoms with E-state index < -0.39 is 11.6 Å². The van der Waals surface area contributed by atoms with Gasteiger partial charge in [0.15, 0.2) is 11.6 Å². The monoisotopic (exact) mass is 582 g/mol. The van der Waals surface area contributed by atoms with Crippen LogP contribution in [-0.4, -0.2) is 35.5 Å². The molecular formula is C30H29BrF2N2O3. The van der Waals surface area contributed by atoms with Gasteiger partial charge in [-0.1, -0.05) is 0 Å². The average Bonchev–Trinajstić information content (AvgIpc) is 3.40. The Morgan fingerprint density at radius 1 is 1.08 bits per heavy atom. The van der Waals surface area contributed by atoms with Crippen molar-refractivity contribution in [3.05, 3.63) is 64.4 Å². The third-order valence-corrected chi connectivity index (χ3v) is 9.99. The molecule has 198 valence electrons. The Kier molecular flexibility index (Phi) is 5.78. The molecule has 3 heterocycles. The molecule has 5 nitrogen and oxygen atoms in total. The van der Waals surface area contributed by atoms with Gasteiger partial charge in [-0.3, -0.25) is 9.79 Å². The van der Waals surface area contributed by atoms with E-state index in [0.29, 0.717) is 31.4 Å². The number of methoxy groups -OCH3 is 1. The maximum absolute atomic E-state index is 14.6. The van der Waals surface area contributed by atoms with Gasteiger partial charge in [-0.05, 0) is 101 Å². The summed E-state index contributed by atoms with van der Waals surface area (Å²) in [5, 5.41) is 1.18. The van der Waals surface area contributed by atoms with Crippen LogP contribution in [0.25, 0.3) is 16.6 Å². The standard InChI is InChI=1S/C30H29BrF2N2O3/c1-37-29(36)19-13-30(14-19)11-18(12-30)26-22-8-17-15-34-28(31)21(17)10-25(22)35(20-2-3-23(32)24(33)9-20)27(26)16-4-6-38-7-5-16/h2-3,8-10,16,18-19H,4-7,11-15H2,1H3. The Balaban J connectivity index is 1.39. The molecule has 38 heavy (non-hydrogen) atoms. The van der Waals surface area contributed by atoms with Gasteiger partial charge in [-0.2, -0.15) is 0 Å². The summed E-state index contributed by atoms with van der Waals surface area (Å²) in [6, 6.07) is 8.63. The predicted molar refractivity (Wildman–Crippen MR) is 144 cm³/mol. The maximum Gasteiger partial charge on any atom is 0.308 e. The third kappa shape index (κ3) is 3.70. The van der Waals surface area contributed by atoms with E-state index in [1.165, 1.54) is 41.4 Å². The van der Waals surface area contributed by atoms with E-state index in [-0.39, 0.29) is 23.2 Å². The number of halogens is 3. The number of benzene rings is 2. The molecule has 2 saturated carbocycles. The second-order valence-corrected chi connectivity index (χ2v) is 12.2. The minimum Gasteiger partial charge on any atom is -0.469 e. The summed E-state index contributed by atoms with van der Waals surface area (Å²) in [4.78, 5) is 16.6. The number of fused-ring (bicyclic) bond motifs is 2. The van der Waals surface area contributed by atoms with Crippen LogP contribution in [0.1, 0.15) is 72.7 Å². The number of rotatable bonds is 4. The van der Waals surface area contributed by atoms with Gasteiger partial charge >= 0.3 is 5.97 Å². The van der Waals surface area contributed by atoms with Crippen molar-refractivity contribution in [2.24, 2.45) is 16.3 Å². The molecule has 1 spiro atoms. The fourth-order valence-corrected chi connectivity index (χ4v) is 8.03. The van der Waals surface area contributed by atoms with E-state index in [0.717, 1.165) is 54.2 Å². The van der Waals surface area contributed by atoms with Crippen LogP contribution < -0.4 is 0 Å². The number of aliphatic imine (C=N–C) groups is 1. The molecule has 3 aromatic rings. The molecule has 8 heteroatoms. The smallest absolute Gasteiger partial charge is 0.308 e. The second kappa shape index (κ2) is 8.98. The van der Waals surface area contributed by atoms with Gasteiger partial charge in [0, 0.05) is 47.5 Å². The van der Waals surface area contributed by atoms with Crippen LogP contribution in [0.15, 0.2) is 35.3 Å². The minimum atomic E-state index is -0.848. The Labute approximate surface area is 228 Å². The van der Waals surface area contributed by atoms with Crippen molar-refractivity contribution in [2.45, 2.75) is 56.9 Å². The lowest BCUT2D eigenvalue weighted by molar-refractivity contribution is -0.159. The maximum atomic E-state index is 14.6. The van der Waals surface area contributed by atoms with Crippen molar-refractivity contribution < 1.29 is 23.0 Å². The molecule has 0 amide bonds. The van der Waals surface area contributed by atoms with Crippen molar-refractivity contribution in [1.29, 1.82) is 0 Å². The number of hydrogen-bond acceptors (Lipinski definition) is 4. The molecule has 1 aromatic heterocycles. The summed E-state index contributed by atoms with van der Waals surface area (Å²) in [5.41, 5.74) is 6.60. The van der Waals surface area contributed by atoms with E-state index in [4.69, 9.17) is 9.47 Å². The van der Waals surface area contributed by atoms with Gasteiger partial charge in [-0.25, -0.2) is 8.78 Å². The van der Waals surface area contributed by atoms with Crippen molar-refractivity contribution in [1.82, 2.24) is 4.57 Å². The summed E-state index contributed by atoms with van der Waals surface area (Å²) in [6.07, 6.45) is 5.62. The molecule has 7 rings (SSSR count).